The first-order valence-electron chi connectivity index (χ1n) is 7.84. The van der Waals surface area contributed by atoms with Gasteiger partial charge in [-0.25, -0.2) is 4.98 Å². The van der Waals surface area contributed by atoms with Gasteiger partial charge < -0.3 is 9.47 Å². The molecule has 2 aromatic rings. The Bertz CT molecular complexity index is 744. The molecule has 6 nitrogen and oxygen atoms in total. The van der Waals surface area contributed by atoms with Crippen LogP contribution < -0.4 is 14.4 Å². The Morgan fingerprint density at radius 1 is 1.33 bits per heavy atom. The number of thiazole rings is 1. The van der Waals surface area contributed by atoms with E-state index in [9.17, 15) is 9.59 Å². The summed E-state index contributed by atoms with van der Waals surface area (Å²) in [6.07, 6.45) is 1.47. The largest absolute Gasteiger partial charge is 0.490 e. The van der Waals surface area contributed by atoms with Gasteiger partial charge in [0.25, 0.3) is 0 Å². The predicted octanol–water partition coefficient (Wildman–Crippen LogP) is 2.82. The van der Waals surface area contributed by atoms with Crippen LogP contribution in [0.2, 0.25) is 0 Å². The van der Waals surface area contributed by atoms with E-state index in [1.807, 2.05) is 13.0 Å². The van der Waals surface area contributed by atoms with Crippen LogP contribution in [0.4, 0.5) is 5.13 Å². The summed E-state index contributed by atoms with van der Waals surface area (Å²) in [5.41, 5.74) is 0.605. The van der Waals surface area contributed by atoms with Crippen LogP contribution in [0, 0.1) is 0 Å². The Morgan fingerprint density at radius 3 is 2.83 bits per heavy atom. The van der Waals surface area contributed by atoms with Crippen LogP contribution in [0.5, 0.6) is 11.5 Å². The highest BCUT2D eigenvalue weighted by Gasteiger charge is 2.24. The number of nitrogens with zero attached hydrogens (tertiary/aromatic N) is 2. The Balaban J connectivity index is 1.63. The van der Waals surface area contributed by atoms with E-state index in [1.54, 1.807) is 28.5 Å². The van der Waals surface area contributed by atoms with Crippen molar-refractivity contribution in [3.05, 3.63) is 35.3 Å². The summed E-state index contributed by atoms with van der Waals surface area (Å²) >= 11 is 1.37. The Labute approximate surface area is 144 Å². The normalized spacial score (nSPS) is 14.0. The van der Waals surface area contributed by atoms with Gasteiger partial charge in [0.2, 0.25) is 5.91 Å². The molecule has 0 unspecified atom stereocenters. The van der Waals surface area contributed by atoms with Gasteiger partial charge in [0, 0.05) is 18.3 Å². The van der Waals surface area contributed by atoms with Gasteiger partial charge >= 0.3 is 5.97 Å². The zero-order valence-electron chi connectivity index (χ0n) is 13.4. The maximum Gasteiger partial charge on any atom is 0.317 e. The molecule has 0 bridgehead atoms. The van der Waals surface area contributed by atoms with Crippen LogP contribution in [0.25, 0.3) is 0 Å². The predicted molar refractivity (Wildman–Crippen MR) is 90.7 cm³/mol. The molecule has 0 atom stereocenters. The summed E-state index contributed by atoms with van der Waals surface area (Å²) in [5.74, 6) is 0.611. The summed E-state index contributed by atoms with van der Waals surface area (Å²) in [6.45, 7) is 3.06. The molecule has 1 aliphatic heterocycles. The van der Waals surface area contributed by atoms with E-state index in [-0.39, 0.29) is 12.3 Å². The lowest BCUT2D eigenvalue weighted by Crippen LogP contribution is -2.23. The van der Waals surface area contributed by atoms with E-state index in [0.717, 1.165) is 6.42 Å². The Hall–Kier alpha value is -2.41. The van der Waals surface area contributed by atoms with E-state index in [4.69, 9.17) is 9.47 Å². The fourth-order valence-corrected chi connectivity index (χ4v) is 3.34. The Morgan fingerprint density at radius 2 is 2.12 bits per heavy atom. The maximum atomic E-state index is 12.1. The van der Waals surface area contributed by atoms with Crippen LogP contribution in [0.15, 0.2) is 29.6 Å². The zero-order chi connectivity index (χ0) is 16.9. The monoisotopic (exact) mass is 346 g/mol. The molecule has 0 radical (unpaired) electrons. The summed E-state index contributed by atoms with van der Waals surface area (Å²) in [4.78, 5) is 29.9. The van der Waals surface area contributed by atoms with Gasteiger partial charge in [-0.3, -0.25) is 14.5 Å². The molecule has 1 saturated heterocycles. The lowest BCUT2D eigenvalue weighted by molar-refractivity contribution is -0.133. The summed E-state index contributed by atoms with van der Waals surface area (Å²) < 4.78 is 10.8. The van der Waals surface area contributed by atoms with Gasteiger partial charge in [-0.05, 0) is 25.5 Å². The second kappa shape index (κ2) is 7.44. The summed E-state index contributed by atoms with van der Waals surface area (Å²) in [6, 6.07) is 7.05. The lowest BCUT2D eigenvalue weighted by Gasteiger charge is -2.10. The maximum absolute atomic E-state index is 12.1. The second-order valence-electron chi connectivity index (χ2n) is 5.30. The first kappa shape index (κ1) is 16.4. The molecule has 0 spiro atoms. The molecule has 7 heteroatoms. The molecule has 1 amide bonds. The molecule has 1 aliphatic rings. The molecule has 0 saturated carbocycles. The molecule has 1 aromatic heterocycles. The van der Waals surface area contributed by atoms with Gasteiger partial charge in [-0.1, -0.05) is 12.1 Å². The molecular weight excluding hydrogens is 328 g/mol. The molecule has 3 rings (SSSR count). The topological polar surface area (TPSA) is 68.7 Å². The van der Waals surface area contributed by atoms with Crippen molar-refractivity contribution in [2.24, 2.45) is 0 Å². The number of rotatable bonds is 6. The van der Waals surface area contributed by atoms with Crippen LogP contribution >= 0.6 is 11.3 Å². The fraction of sp³-hybridized carbons (Fsp3) is 0.353. The molecule has 24 heavy (non-hydrogen) atoms. The van der Waals surface area contributed by atoms with E-state index in [0.29, 0.717) is 41.9 Å². The quantitative estimate of drug-likeness (QED) is 0.594. The van der Waals surface area contributed by atoms with Gasteiger partial charge in [0.1, 0.15) is 0 Å². The number of esters is 1. The average molecular weight is 346 g/mol. The van der Waals surface area contributed by atoms with Gasteiger partial charge in [0.05, 0.1) is 18.7 Å². The minimum absolute atomic E-state index is 0.0546. The highest BCUT2D eigenvalue weighted by molar-refractivity contribution is 7.14. The van der Waals surface area contributed by atoms with E-state index in [1.165, 1.54) is 11.3 Å². The number of carbonyl (C=O) groups excluding carboxylic acids is 2. The number of benzene rings is 1. The van der Waals surface area contributed by atoms with Crippen molar-refractivity contribution in [2.45, 2.75) is 26.2 Å². The minimum Gasteiger partial charge on any atom is -0.490 e. The van der Waals surface area contributed by atoms with Gasteiger partial charge in [-0.15, -0.1) is 11.3 Å². The molecule has 0 aliphatic carbocycles. The van der Waals surface area contributed by atoms with Gasteiger partial charge in [-0.2, -0.15) is 0 Å². The number of para-hydroxylation sites is 2. The second-order valence-corrected chi connectivity index (χ2v) is 6.14. The number of anilines is 1. The van der Waals surface area contributed by atoms with Crippen molar-refractivity contribution >= 4 is 28.3 Å². The lowest BCUT2D eigenvalue weighted by atomic mass is 10.3. The third-order valence-corrected chi connectivity index (χ3v) is 4.45. The summed E-state index contributed by atoms with van der Waals surface area (Å²) in [5, 5.41) is 2.44. The van der Waals surface area contributed by atoms with Crippen molar-refractivity contribution in [2.75, 3.05) is 18.1 Å². The van der Waals surface area contributed by atoms with E-state index < -0.39 is 5.97 Å². The van der Waals surface area contributed by atoms with Crippen LogP contribution in [0.1, 0.15) is 25.5 Å². The van der Waals surface area contributed by atoms with E-state index in [2.05, 4.69) is 4.98 Å². The first-order valence-corrected chi connectivity index (χ1v) is 8.72. The molecule has 1 aromatic carbocycles. The average Bonchev–Trinajstić information content (AvgIpc) is 3.18. The minimum atomic E-state index is -0.410. The van der Waals surface area contributed by atoms with Crippen LogP contribution in [-0.4, -0.2) is 30.0 Å². The van der Waals surface area contributed by atoms with Crippen molar-refractivity contribution in [1.82, 2.24) is 4.98 Å². The zero-order valence-corrected chi connectivity index (χ0v) is 14.2. The van der Waals surface area contributed by atoms with E-state index >= 15 is 0 Å². The van der Waals surface area contributed by atoms with Crippen LogP contribution in [-0.2, 0) is 16.0 Å². The highest BCUT2D eigenvalue weighted by atomic mass is 32.1. The van der Waals surface area contributed by atoms with Crippen molar-refractivity contribution < 1.29 is 19.1 Å². The number of hydrogen-bond acceptors (Lipinski definition) is 6. The van der Waals surface area contributed by atoms with Crippen LogP contribution in [0.3, 0.4) is 0 Å². The first-order chi connectivity index (χ1) is 11.7. The molecule has 1 fully saturated rings. The third-order valence-electron chi connectivity index (χ3n) is 3.54. The number of carbonyl (C=O) groups is 2. The molecular formula is C17H18N2O4S. The molecule has 2 heterocycles. The Kier molecular flexibility index (Phi) is 5.10. The third kappa shape index (κ3) is 3.73. The molecule has 126 valence electrons. The standard InChI is InChI=1S/C17H18N2O4S/c1-2-22-13-6-3-4-7-14(13)23-16(21)10-12-11-24-17(18-12)19-9-5-8-15(19)20/h3-4,6-7,11H,2,5,8-10H2,1H3. The SMILES string of the molecule is CCOc1ccccc1OC(=O)Cc1csc(N2CCCC2=O)n1. The number of aromatic nitrogens is 1. The van der Waals surface area contributed by atoms with Crippen molar-refractivity contribution in [3.8, 4) is 11.5 Å². The smallest absolute Gasteiger partial charge is 0.317 e. The highest BCUT2D eigenvalue weighted by Crippen LogP contribution is 2.28. The fourth-order valence-electron chi connectivity index (χ4n) is 2.47. The number of ether oxygens (including phenoxy) is 2. The number of hydrogen-bond donors (Lipinski definition) is 0. The van der Waals surface area contributed by atoms with Crippen molar-refractivity contribution in [3.63, 3.8) is 0 Å². The van der Waals surface area contributed by atoms with Crippen molar-refractivity contribution in [1.29, 1.82) is 0 Å². The summed E-state index contributed by atoms with van der Waals surface area (Å²) in [7, 11) is 0. The number of amides is 1. The van der Waals surface area contributed by atoms with Gasteiger partial charge in [0.15, 0.2) is 16.6 Å². The molecule has 0 N–H and O–H groups in total.